The van der Waals surface area contributed by atoms with Crippen LogP contribution in [0.2, 0.25) is 0 Å². The highest BCUT2D eigenvalue weighted by molar-refractivity contribution is 6.02. The molecule has 0 spiro atoms. The van der Waals surface area contributed by atoms with E-state index in [-0.39, 0.29) is 81.7 Å². The highest BCUT2D eigenvalue weighted by atomic mass is 16.4. The minimum Gasteiger partial charge on any atom is -0.423 e. The van der Waals surface area contributed by atoms with Crippen molar-refractivity contribution < 1.29 is 38.3 Å². The van der Waals surface area contributed by atoms with E-state index in [0.29, 0.717) is 72.4 Å². The number of allylic oxidation sites excluding steroid dienone is 9. The van der Waals surface area contributed by atoms with Crippen molar-refractivity contribution in [2.45, 2.75) is 166 Å². The summed E-state index contributed by atoms with van der Waals surface area (Å²) in [6.45, 7) is 25.6. The van der Waals surface area contributed by atoms with Crippen LogP contribution in [0, 0.1) is 80.8 Å². The van der Waals surface area contributed by atoms with Crippen molar-refractivity contribution in [3.05, 3.63) is 86.5 Å². The minimum absolute atomic E-state index is 0.0325. The summed E-state index contributed by atoms with van der Waals surface area (Å²) in [7, 11) is 0. The van der Waals surface area contributed by atoms with Crippen LogP contribution in [-0.2, 0) is 28.8 Å². The van der Waals surface area contributed by atoms with Crippen LogP contribution in [0.1, 0.15) is 165 Å². The summed E-state index contributed by atoms with van der Waals surface area (Å²) in [6.07, 6.45) is 15.2. The molecule has 9 heteroatoms. The summed E-state index contributed by atoms with van der Waals surface area (Å²) < 4.78 is 5.69. The Hall–Kier alpha value is -4.37. The third-order valence-corrected chi connectivity index (χ3v) is 20.7. The molecule has 0 saturated heterocycles. The van der Waals surface area contributed by atoms with Crippen molar-refractivity contribution in [3.8, 4) is 0 Å². The number of ketones is 6. The molecule has 0 unspecified atom stereocenters. The number of rotatable bonds is 8. The molecular weight excluding hydrogens is 853 g/mol. The average molecular weight is 929 g/mol. The zero-order valence-electron chi connectivity index (χ0n) is 43.1. The molecule has 9 nitrogen and oxygen atoms in total. The normalized spacial score (nSPS) is 40.9. The molecule has 6 fully saturated rings. The minimum atomic E-state index is -1.90. The van der Waals surface area contributed by atoms with Gasteiger partial charge in [0.15, 0.2) is 17.3 Å². The van der Waals surface area contributed by atoms with Gasteiger partial charge >= 0.3 is 5.63 Å². The fraction of sp³-hybridized carbons (Fsp3) is 0.644. The van der Waals surface area contributed by atoms with E-state index in [2.05, 4.69) is 34.6 Å². The van der Waals surface area contributed by atoms with Crippen molar-refractivity contribution in [3.63, 3.8) is 0 Å². The van der Waals surface area contributed by atoms with Gasteiger partial charge in [-0.1, -0.05) is 85.8 Å². The fourth-order valence-electron chi connectivity index (χ4n) is 16.9. The second-order valence-electron chi connectivity index (χ2n) is 24.9. The van der Waals surface area contributed by atoms with Gasteiger partial charge in [-0.2, -0.15) is 0 Å². The van der Waals surface area contributed by atoms with Crippen LogP contribution >= 0.6 is 0 Å². The quantitative estimate of drug-likeness (QED) is 0.152. The molecule has 0 bridgehead atoms. The van der Waals surface area contributed by atoms with Crippen molar-refractivity contribution in [1.29, 1.82) is 0 Å². The predicted octanol–water partition coefficient (Wildman–Crippen LogP) is 11.0. The summed E-state index contributed by atoms with van der Waals surface area (Å²) in [5.74, 6) is -2.05. The number of carbonyl (C=O) groups excluding carboxylic acids is 6. The number of hydrogen-bond acceptors (Lipinski definition) is 9. The molecule has 0 radical (unpaired) electrons. The molecule has 0 amide bonds. The maximum Gasteiger partial charge on any atom is 0.339 e. The molecule has 7 aliphatic rings. The first-order valence-electron chi connectivity index (χ1n) is 25.5. The Kier molecular flexibility index (Phi) is 12.2. The van der Waals surface area contributed by atoms with E-state index in [9.17, 15) is 33.9 Å². The molecule has 0 aliphatic heterocycles. The van der Waals surface area contributed by atoms with Crippen molar-refractivity contribution >= 4 is 40.3 Å². The van der Waals surface area contributed by atoms with Crippen LogP contribution in [0.25, 0.3) is 5.57 Å². The van der Waals surface area contributed by atoms with Crippen LogP contribution in [0.3, 0.4) is 0 Å². The van der Waals surface area contributed by atoms with Gasteiger partial charge in [0.25, 0.3) is 0 Å². The number of carbonyl (C=O) groups is 6. The zero-order valence-corrected chi connectivity index (χ0v) is 43.1. The Balaban J connectivity index is 1.15. The van der Waals surface area contributed by atoms with Gasteiger partial charge in [0.1, 0.15) is 28.7 Å². The van der Waals surface area contributed by atoms with Gasteiger partial charge in [-0.05, 0) is 148 Å². The second-order valence-corrected chi connectivity index (χ2v) is 24.9. The van der Waals surface area contributed by atoms with Gasteiger partial charge in [0.05, 0.1) is 0 Å². The Labute approximate surface area is 403 Å². The topological polar surface area (TPSA) is 153 Å². The fourth-order valence-corrected chi connectivity index (χ4v) is 16.9. The summed E-state index contributed by atoms with van der Waals surface area (Å²) in [5.41, 5.74) is -1.47. The summed E-state index contributed by atoms with van der Waals surface area (Å²) in [6, 6.07) is 3.39. The lowest BCUT2D eigenvalue weighted by Crippen LogP contribution is -2.61. The number of fused-ring (bicyclic) bond motifs is 6. The highest BCUT2D eigenvalue weighted by Crippen LogP contribution is 2.72. The monoisotopic (exact) mass is 929 g/mol. The second kappa shape index (κ2) is 16.6. The molecule has 366 valence electrons. The molecule has 0 aromatic carbocycles. The van der Waals surface area contributed by atoms with E-state index in [0.717, 1.165) is 30.4 Å². The first-order valence-corrected chi connectivity index (χ1v) is 25.5. The van der Waals surface area contributed by atoms with E-state index < -0.39 is 45.2 Å². The maximum atomic E-state index is 15.0. The molecule has 1 heterocycles. The van der Waals surface area contributed by atoms with Gasteiger partial charge < -0.3 is 9.52 Å². The largest absolute Gasteiger partial charge is 0.423 e. The third-order valence-electron chi connectivity index (χ3n) is 20.7. The summed E-state index contributed by atoms with van der Waals surface area (Å²) in [4.78, 5) is 96.8. The highest BCUT2D eigenvalue weighted by Gasteiger charge is 2.72. The van der Waals surface area contributed by atoms with Gasteiger partial charge in [-0.3, -0.25) is 28.8 Å². The van der Waals surface area contributed by atoms with Crippen molar-refractivity contribution in [2.24, 2.45) is 73.9 Å². The number of hydrogen-bond donors (Lipinski definition) is 1. The van der Waals surface area contributed by atoms with E-state index in [1.165, 1.54) is 6.92 Å². The lowest BCUT2D eigenvalue weighted by atomic mass is 9.42. The van der Waals surface area contributed by atoms with E-state index >= 15 is 4.79 Å². The summed E-state index contributed by atoms with van der Waals surface area (Å²) >= 11 is 0. The standard InChI is InChI=1S/C59H76O9/c1-32(50-40(61)30-44-55(10)24-21-46(62)53(6,7)42(55)19-23-57(44,50)12)15-14-16-33(2)51(65)49-37(27-35(4)41-18-17-34(3)52(66)68-41)28-38(29-39(49)36(5)60)59(67)48(64)31-45-56(11)25-22-47(63)54(8,9)43(56)20-26-58(45,59)13/h14-18,27-28,37,39,42-45,49,67H,19-26,29-31H2,1-13H3/t37-,39+,42+,43+,44+,45+,49-,55+,56+,57+,58+,59+/m1/s1. The molecule has 12 atom stereocenters. The Bertz CT molecular complexity index is 2630. The van der Waals surface area contributed by atoms with E-state index in [4.69, 9.17) is 4.42 Å². The maximum absolute atomic E-state index is 15.0. The first kappa shape index (κ1) is 50.0. The van der Waals surface area contributed by atoms with Crippen molar-refractivity contribution in [2.75, 3.05) is 0 Å². The smallest absolute Gasteiger partial charge is 0.339 e. The molecular formula is C59H76O9. The molecule has 8 rings (SSSR count). The first-order chi connectivity index (χ1) is 31.5. The third kappa shape index (κ3) is 7.18. The SMILES string of the molecule is CC(=O)[C@@H]1CC([C@]2(O)C(=O)C[C@H]3[C@@]4(C)CCC(=O)C(C)(C)[C@@H]4CC[C@@]32C)=C[C@@H](C=C(C)c2ccc(C)c(=O)o2)[C@H]1C(=O)C(C)=CC=CC(C)=C1C(=O)C[C@H]2[C@@]3(C)CCC(=O)C(C)(C)[C@@H]3CC[C@]12C. The van der Waals surface area contributed by atoms with Crippen LogP contribution in [0.15, 0.2) is 74.0 Å². The van der Waals surface area contributed by atoms with Gasteiger partial charge in [0.2, 0.25) is 0 Å². The van der Waals surface area contributed by atoms with E-state index in [1.807, 2.05) is 52.0 Å². The molecule has 1 aromatic heterocycles. The molecule has 1 aromatic rings. The summed E-state index contributed by atoms with van der Waals surface area (Å²) in [5, 5.41) is 13.2. The molecule has 6 saturated carbocycles. The molecule has 1 N–H and O–H groups in total. The number of aliphatic hydroxyl groups is 1. The lowest BCUT2D eigenvalue weighted by Gasteiger charge is -2.62. The van der Waals surface area contributed by atoms with Crippen LogP contribution in [0.5, 0.6) is 0 Å². The predicted molar refractivity (Wildman–Crippen MR) is 263 cm³/mol. The Morgan fingerprint density at radius 2 is 1.31 bits per heavy atom. The zero-order chi connectivity index (χ0) is 50.1. The van der Waals surface area contributed by atoms with Gasteiger partial charge in [0, 0.05) is 76.2 Å². The average Bonchev–Trinajstić information content (AvgIpc) is 3.67. The number of Topliss-reactive ketones (excluding diaryl/α,β-unsaturated/α-hetero) is 6. The van der Waals surface area contributed by atoms with Crippen LogP contribution < -0.4 is 5.63 Å². The Morgan fingerprint density at radius 3 is 1.90 bits per heavy atom. The van der Waals surface area contributed by atoms with Crippen molar-refractivity contribution in [1.82, 2.24) is 0 Å². The number of aryl methyl sites for hydroxylation is 1. The van der Waals surface area contributed by atoms with Gasteiger partial charge in [-0.15, -0.1) is 0 Å². The van der Waals surface area contributed by atoms with Gasteiger partial charge in [-0.25, -0.2) is 4.79 Å². The lowest BCUT2D eigenvalue weighted by molar-refractivity contribution is -0.172. The van der Waals surface area contributed by atoms with Crippen LogP contribution in [-0.4, -0.2) is 45.4 Å². The van der Waals surface area contributed by atoms with E-state index in [1.54, 1.807) is 39.0 Å². The molecule has 7 aliphatic carbocycles. The Morgan fingerprint density at radius 1 is 0.721 bits per heavy atom. The molecule has 68 heavy (non-hydrogen) atoms. The van der Waals surface area contributed by atoms with Crippen LogP contribution in [0.4, 0.5) is 0 Å².